The largest absolute Gasteiger partial charge is 0.443 e. The lowest BCUT2D eigenvalue weighted by Gasteiger charge is -2.23. The molecule has 0 aliphatic heterocycles. The van der Waals surface area contributed by atoms with E-state index in [4.69, 9.17) is 9.15 Å². The van der Waals surface area contributed by atoms with E-state index in [1.54, 1.807) is 0 Å². The number of oxazole rings is 1. The van der Waals surface area contributed by atoms with Crippen LogP contribution in [0.2, 0.25) is 0 Å². The topological polar surface area (TPSA) is 55.6 Å². The molecule has 0 bridgehead atoms. The van der Waals surface area contributed by atoms with Crippen molar-refractivity contribution in [3.63, 3.8) is 0 Å². The summed E-state index contributed by atoms with van der Waals surface area (Å²) in [6.07, 6.45) is -10.1. The van der Waals surface area contributed by atoms with Crippen molar-refractivity contribution in [2.45, 2.75) is 19.3 Å². The first-order valence-corrected chi connectivity index (χ1v) is 8.72. The number of halogens is 7. The molecule has 0 fully saturated rings. The molecule has 0 radical (unpaired) electrons. The quantitative estimate of drug-likeness (QED) is 0.419. The van der Waals surface area contributed by atoms with Gasteiger partial charge in [-0.1, -0.05) is 0 Å². The number of amides is 1. The zero-order valence-electron chi connectivity index (χ0n) is 16.3. The molecule has 5 nitrogen and oxygen atoms in total. The van der Waals surface area contributed by atoms with Crippen LogP contribution in [0.5, 0.6) is 5.75 Å². The van der Waals surface area contributed by atoms with Crippen LogP contribution in [-0.4, -0.2) is 18.1 Å². The van der Waals surface area contributed by atoms with Gasteiger partial charge in [0.1, 0.15) is 5.82 Å². The van der Waals surface area contributed by atoms with Crippen molar-refractivity contribution in [3.8, 4) is 17.1 Å². The zero-order chi connectivity index (χ0) is 23.8. The number of nitrogens with zero attached hydrogens (tertiary/aromatic N) is 2. The number of hydrogen-bond acceptors (Lipinski definition) is 4. The van der Waals surface area contributed by atoms with Crippen molar-refractivity contribution >= 4 is 11.8 Å². The van der Waals surface area contributed by atoms with Crippen LogP contribution in [0.25, 0.3) is 11.3 Å². The van der Waals surface area contributed by atoms with Gasteiger partial charge >= 0.3 is 18.4 Å². The summed E-state index contributed by atoms with van der Waals surface area (Å²) in [5.41, 5.74) is -4.74. The third-order valence-corrected chi connectivity index (χ3v) is 4.51. The summed E-state index contributed by atoms with van der Waals surface area (Å²) in [4.78, 5) is 16.8. The lowest BCUT2D eigenvalue weighted by atomic mass is 9.95. The Morgan fingerprint density at radius 3 is 2.12 bits per heavy atom. The van der Waals surface area contributed by atoms with Gasteiger partial charge in [0.05, 0.1) is 22.9 Å². The third-order valence-electron chi connectivity index (χ3n) is 4.51. The van der Waals surface area contributed by atoms with E-state index in [1.807, 2.05) is 0 Å². The van der Waals surface area contributed by atoms with Gasteiger partial charge in [-0.2, -0.15) is 26.3 Å². The van der Waals surface area contributed by atoms with Gasteiger partial charge in [-0.05, 0) is 42.8 Å². The van der Waals surface area contributed by atoms with Crippen LogP contribution >= 0.6 is 0 Å². The molecule has 0 atom stereocenters. The Morgan fingerprint density at radius 1 is 1.03 bits per heavy atom. The fourth-order valence-electron chi connectivity index (χ4n) is 2.93. The van der Waals surface area contributed by atoms with Crippen LogP contribution in [0.4, 0.5) is 41.2 Å². The fraction of sp³-hybridized carbons (Fsp3) is 0.200. The fourth-order valence-corrected chi connectivity index (χ4v) is 2.93. The van der Waals surface area contributed by atoms with Crippen LogP contribution in [0.1, 0.15) is 16.7 Å². The maximum absolute atomic E-state index is 13.7. The average molecular weight is 462 g/mol. The van der Waals surface area contributed by atoms with Crippen LogP contribution in [-0.2, 0) is 12.4 Å². The zero-order valence-corrected chi connectivity index (χ0v) is 16.3. The molecule has 0 saturated carbocycles. The van der Waals surface area contributed by atoms with Gasteiger partial charge in [-0.15, -0.1) is 0 Å². The molecular formula is C20H13F7N2O3. The minimum Gasteiger partial charge on any atom is -0.443 e. The molecule has 1 heterocycles. The minimum atomic E-state index is -5.31. The summed E-state index contributed by atoms with van der Waals surface area (Å²) in [7, 11) is 1.13. The second-order valence-electron chi connectivity index (χ2n) is 6.57. The Balaban J connectivity index is 2.20. The second kappa shape index (κ2) is 8.17. The van der Waals surface area contributed by atoms with E-state index in [9.17, 15) is 35.5 Å². The van der Waals surface area contributed by atoms with E-state index in [0.29, 0.717) is 0 Å². The summed E-state index contributed by atoms with van der Waals surface area (Å²) >= 11 is 0. The van der Waals surface area contributed by atoms with Crippen molar-refractivity contribution in [1.82, 2.24) is 4.98 Å². The SMILES string of the molecule is Cc1c(C(F)(F)F)cc(C(F)(F)F)c(OC(=O)N(C)c2ccc(F)cc2)c1-c1cnco1. The van der Waals surface area contributed by atoms with Gasteiger partial charge in [0.2, 0.25) is 0 Å². The highest BCUT2D eigenvalue weighted by molar-refractivity contribution is 5.90. The highest BCUT2D eigenvalue weighted by Gasteiger charge is 2.43. The molecule has 3 aromatic rings. The molecule has 170 valence electrons. The molecule has 1 aromatic heterocycles. The molecule has 32 heavy (non-hydrogen) atoms. The van der Waals surface area contributed by atoms with Crippen molar-refractivity contribution in [1.29, 1.82) is 0 Å². The molecule has 0 aliphatic rings. The van der Waals surface area contributed by atoms with E-state index < -0.39 is 58.0 Å². The summed E-state index contributed by atoms with van der Waals surface area (Å²) in [5, 5.41) is 0. The van der Waals surface area contributed by atoms with Crippen LogP contribution in [0, 0.1) is 12.7 Å². The van der Waals surface area contributed by atoms with Crippen LogP contribution in [0.15, 0.2) is 47.3 Å². The van der Waals surface area contributed by atoms with Gasteiger partial charge in [-0.25, -0.2) is 14.2 Å². The van der Waals surface area contributed by atoms with E-state index in [2.05, 4.69) is 4.98 Å². The van der Waals surface area contributed by atoms with E-state index in [1.165, 1.54) is 0 Å². The van der Waals surface area contributed by atoms with Crippen LogP contribution < -0.4 is 9.64 Å². The number of ether oxygens (including phenoxy) is 1. The maximum atomic E-state index is 13.7. The van der Waals surface area contributed by atoms with Crippen molar-refractivity contribution in [2.75, 3.05) is 11.9 Å². The Kier molecular flexibility index (Phi) is 5.90. The molecule has 3 rings (SSSR count). The molecule has 0 aliphatic carbocycles. The molecule has 0 N–H and O–H groups in total. The highest BCUT2D eigenvalue weighted by atomic mass is 19.4. The molecule has 2 aromatic carbocycles. The normalized spacial score (nSPS) is 12.0. The van der Waals surface area contributed by atoms with Crippen LogP contribution in [0.3, 0.4) is 0 Å². The standard InChI is InChI=1S/C20H13F7N2O3/c1-10-13(19(22,23)24)7-14(20(25,26)27)17(16(10)15-8-28-9-31-15)32-18(30)29(2)12-5-3-11(21)4-6-12/h3-9H,1-2H3. The molecular weight excluding hydrogens is 449 g/mol. The number of rotatable bonds is 3. The highest BCUT2D eigenvalue weighted by Crippen LogP contribution is 2.48. The summed E-state index contributed by atoms with van der Waals surface area (Å²) in [6, 6.07) is 4.20. The Labute approximate surface area is 176 Å². The third kappa shape index (κ3) is 4.53. The number of anilines is 1. The number of hydrogen-bond donors (Lipinski definition) is 0. The Morgan fingerprint density at radius 2 is 1.62 bits per heavy atom. The maximum Gasteiger partial charge on any atom is 0.420 e. The van der Waals surface area contributed by atoms with E-state index in [0.717, 1.165) is 55.7 Å². The van der Waals surface area contributed by atoms with Gasteiger partial charge in [0.15, 0.2) is 17.9 Å². The molecule has 0 spiro atoms. The lowest BCUT2D eigenvalue weighted by molar-refractivity contribution is -0.143. The summed E-state index contributed by atoms with van der Waals surface area (Å²) in [6.45, 7) is 0.919. The second-order valence-corrected chi connectivity index (χ2v) is 6.57. The lowest BCUT2D eigenvalue weighted by Crippen LogP contribution is -2.30. The monoisotopic (exact) mass is 462 g/mol. The first kappa shape index (κ1) is 23.1. The molecule has 12 heteroatoms. The minimum absolute atomic E-state index is 0.0646. The molecule has 0 saturated heterocycles. The van der Waals surface area contributed by atoms with Gasteiger partial charge in [0.25, 0.3) is 0 Å². The van der Waals surface area contributed by atoms with Crippen molar-refractivity contribution in [2.24, 2.45) is 0 Å². The van der Waals surface area contributed by atoms with Crippen molar-refractivity contribution < 1.29 is 44.7 Å². The first-order valence-electron chi connectivity index (χ1n) is 8.72. The summed E-state index contributed by atoms with van der Waals surface area (Å²) in [5.74, 6) is -2.27. The van der Waals surface area contributed by atoms with E-state index in [-0.39, 0.29) is 11.8 Å². The Hall–Kier alpha value is -3.57. The summed E-state index contributed by atoms with van der Waals surface area (Å²) < 4.78 is 105. The number of carbonyl (C=O) groups is 1. The molecule has 1 amide bonds. The van der Waals surface area contributed by atoms with Gasteiger partial charge in [0, 0.05) is 12.7 Å². The number of alkyl halides is 6. The predicted octanol–water partition coefficient (Wildman–Crippen LogP) is 6.46. The smallest absolute Gasteiger partial charge is 0.420 e. The Bertz CT molecular complexity index is 1120. The van der Waals surface area contributed by atoms with Gasteiger partial charge < -0.3 is 9.15 Å². The number of aromatic nitrogens is 1. The first-order chi connectivity index (χ1) is 14.8. The predicted molar refractivity (Wildman–Crippen MR) is 97.5 cm³/mol. The van der Waals surface area contributed by atoms with Crippen molar-refractivity contribution in [3.05, 3.63) is 65.4 Å². The average Bonchev–Trinajstić information content (AvgIpc) is 3.20. The van der Waals surface area contributed by atoms with E-state index >= 15 is 0 Å². The molecule has 0 unspecified atom stereocenters. The number of carbonyl (C=O) groups excluding carboxylic acids is 1. The number of benzene rings is 2. The van der Waals surface area contributed by atoms with Gasteiger partial charge in [-0.3, -0.25) is 4.90 Å².